The van der Waals surface area contributed by atoms with Gasteiger partial charge in [0.25, 0.3) is 5.91 Å². The number of carbonyl (C=O) groups excluding carboxylic acids is 1. The molecule has 0 saturated carbocycles. The van der Waals surface area contributed by atoms with Crippen LogP contribution in [-0.2, 0) is 4.79 Å². The third kappa shape index (κ3) is 5.73. The van der Waals surface area contributed by atoms with Crippen LogP contribution in [0.4, 0.5) is 0 Å². The maximum absolute atomic E-state index is 12.5. The van der Waals surface area contributed by atoms with E-state index < -0.39 is 6.10 Å². The van der Waals surface area contributed by atoms with E-state index in [0.717, 1.165) is 36.9 Å². The fourth-order valence-corrected chi connectivity index (χ4v) is 3.75. The zero-order valence-corrected chi connectivity index (χ0v) is 17.0. The van der Waals surface area contributed by atoms with Crippen molar-refractivity contribution in [2.24, 2.45) is 0 Å². The zero-order valence-electron chi connectivity index (χ0n) is 17.0. The van der Waals surface area contributed by atoms with E-state index in [-0.39, 0.29) is 5.91 Å². The van der Waals surface area contributed by atoms with Crippen LogP contribution in [0.5, 0.6) is 5.75 Å². The minimum atomic E-state index is -0.422. The summed E-state index contributed by atoms with van der Waals surface area (Å²) in [6.07, 6.45) is 6.47. The molecule has 0 unspecified atom stereocenters. The standard InChI is InChI=1S/C22H36N2O2/c1-5-19-12-7-8-15-24(19)16-10-14-23-22(25)20(6-2)26-21-13-9-11-17(3)18(21)4/h9,11,13,19-20H,5-8,10,12,14-16H2,1-4H3,(H,23,25)/t19-,20-/m0/s1. The molecule has 1 aromatic rings. The Labute approximate surface area is 159 Å². The van der Waals surface area contributed by atoms with Gasteiger partial charge in [-0.25, -0.2) is 0 Å². The lowest BCUT2D eigenvalue weighted by molar-refractivity contribution is -0.128. The molecule has 0 spiro atoms. The quantitative estimate of drug-likeness (QED) is 0.670. The van der Waals surface area contributed by atoms with E-state index in [1.807, 2.05) is 26.0 Å². The molecule has 1 N–H and O–H groups in total. The molecule has 26 heavy (non-hydrogen) atoms. The first-order valence-electron chi connectivity index (χ1n) is 10.3. The van der Waals surface area contributed by atoms with Crippen molar-refractivity contribution in [1.82, 2.24) is 10.2 Å². The lowest BCUT2D eigenvalue weighted by Crippen LogP contribution is -2.42. The summed E-state index contributed by atoms with van der Waals surface area (Å²) in [6, 6.07) is 6.72. The Kier molecular flexibility index (Phi) is 8.43. The van der Waals surface area contributed by atoms with Crippen molar-refractivity contribution in [2.45, 2.75) is 78.4 Å². The number of carbonyl (C=O) groups is 1. The second-order valence-corrected chi connectivity index (χ2v) is 7.45. The number of hydrogen-bond donors (Lipinski definition) is 1. The number of nitrogens with zero attached hydrogens (tertiary/aromatic N) is 1. The van der Waals surface area contributed by atoms with Crippen molar-refractivity contribution in [3.8, 4) is 5.75 Å². The smallest absolute Gasteiger partial charge is 0.261 e. The SMILES string of the molecule is CC[C@H]1CCCCN1CCCNC(=O)[C@H](CC)Oc1cccc(C)c1C. The largest absolute Gasteiger partial charge is 0.480 e. The third-order valence-electron chi connectivity index (χ3n) is 5.63. The Morgan fingerprint density at radius 3 is 2.85 bits per heavy atom. The van der Waals surface area contributed by atoms with Gasteiger partial charge in [0.15, 0.2) is 6.10 Å². The number of aryl methyl sites for hydroxylation is 1. The van der Waals surface area contributed by atoms with Gasteiger partial charge in [0.2, 0.25) is 0 Å². The van der Waals surface area contributed by atoms with Gasteiger partial charge < -0.3 is 15.0 Å². The number of piperidine rings is 1. The van der Waals surface area contributed by atoms with E-state index >= 15 is 0 Å². The van der Waals surface area contributed by atoms with Crippen LogP contribution in [0.15, 0.2) is 18.2 Å². The van der Waals surface area contributed by atoms with Crippen molar-refractivity contribution in [1.29, 1.82) is 0 Å². The minimum Gasteiger partial charge on any atom is -0.480 e. The van der Waals surface area contributed by atoms with Crippen molar-refractivity contribution in [3.63, 3.8) is 0 Å². The molecule has 2 rings (SSSR count). The summed E-state index contributed by atoms with van der Waals surface area (Å²) in [5.74, 6) is 0.810. The van der Waals surface area contributed by atoms with Crippen LogP contribution in [0.1, 0.15) is 63.5 Å². The highest BCUT2D eigenvalue weighted by Crippen LogP contribution is 2.22. The molecular weight excluding hydrogens is 324 g/mol. The van der Waals surface area contributed by atoms with Gasteiger partial charge in [-0.1, -0.05) is 32.4 Å². The van der Waals surface area contributed by atoms with E-state index in [1.165, 1.54) is 37.8 Å². The van der Waals surface area contributed by atoms with Crippen molar-refractivity contribution in [3.05, 3.63) is 29.3 Å². The number of nitrogens with one attached hydrogen (secondary N) is 1. The van der Waals surface area contributed by atoms with Crippen LogP contribution in [0.2, 0.25) is 0 Å². The molecule has 0 bridgehead atoms. The van der Waals surface area contributed by atoms with Crippen molar-refractivity contribution >= 4 is 5.91 Å². The van der Waals surface area contributed by atoms with E-state index in [1.54, 1.807) is 0 Å². The highest BCUT2D eigenvalue weighted by Gasteiger charge is 2.21. The molecule has 1 heterocycles. The lowest BCUT2D eigenvalue weighted by Gasteiger charge is -2.35. The second-order valence-electron chi connectivity index (χ2n) is 7.45. The first-order chi connectivity index (χ1) is 12.6. The maximum Gasteiger partial charge on any atom is 0.261 e. The molecule has 1 amide bonds. The van der Waals surface area contributed by atoms with Gasteiger partial charge in [-0.05, 0) is 69.7 Å². The van der Waals surface area contributed by atoms with Crippen LogP contribution in [0.25, 0.3) is 0 Å². The number of likely N-dealkylation sites (tertiary alicyclic amines) is 1. The van der Waals surface area contributed by atoms with E-state index in [2.05, 4.69) is 30.1 Å². The summed E-state index contributed by atoms with van der Waals surface area (Å²) in [5.41, 5.74) is 2.29. The van der Waals surface area contributed by atoms with Crippen LogP contribution in [-0.4, -0.2) is 42.6 Å². The topological polar surface area (TPSA) is 41.6 Å². The van der Waals surface area contributed by atoms with Crippen LogP contribution >= 0.6 is 0 Å². The molecule has 2 atom stereocenters. The molecule has 0 radical (unpaired) electrons. The molecule has 1 aromatic carbocycles. The molecule has 146 valence electrons. The number of rotatable bonds is 9. The zero-order chi connectivity index (χ0) is 18.9. The monoisotopic (exact) mass is 360 g/mol. The lowest BCUT2D eigenvalue weighted by atomic mass is 10.00. The molecule has 1 saturated heterocycles. The van der Waals surface area contributed by atoms with Crippen LogP contribution < -0.4 is 10.1 Å². The molecule has 0 aliphatic carbocycles. The fourth-order valence-electron chi connectivity index (χ4n) is 3.75. The predicted octanol–water partition coefficient (Wildman–Crippen LogP) is 4.23. The fraction of sp³-hybridized carbons (Fsp3) is 0.682. The Balaban J connectivity index is 1.77. The summed E-state index contributed by atoms with van der Waals surface area (Å²) in [6.45, 7) is 11.4. The van der Waals surface area contributed by atoms with Gasteiger partial charge in [-0.15, -0.1) is 0 Å². The van der Waals surface area contributed by atoms with Gasteiger partial charge in [0.1, 0.15) is 5.75 Å². The van der Waals surface area contributed by atoms with Gasteiger partial charge in [0.05, 0.1) is 0 Å². The van der Waals surface area contributed by atoms with Gasteiger partial charge in [0, 0.05) is 19.1 Å². The number of ether oxygens (including phenoxy) is 1. The number of benzene rings is 1. The molecular formula is C22H36N2O2. The predicted molar refractivity (Wildman–Crippen MR) is 108 cm³/mol. The van der Waals surface area contributed by atoms with Gasteiger partial charge in [-0.3, -0.25) is 4.79 Å². The summed E-state index contributed by atoms with van der Waals surface area (Å²) in [5, 5.41) is 3.07. The number of hydrogen-bond acceptors (Lipinski definition) is 3. The molecule has 0 aromatic heterocycles. The minimum absolute atomic E-state index is 0.000841. The van der Waals surface area contributed by atoms with Crippen molar-refractivity contribution in [2.75, 3.05) is 19.6 Å². The Hall–Kier alpha value is -1.55. The molecule has 1 aliphatic heterocycles. The van der Waals surface area contributed by atoms with Crippen LogP contribution in [0, 0.1) is 13.8 Å². The second kappa shape index (κ2) is 10.6. The first-order valence-corrected chi connectivity index (χ1v) is 10.3. The highest BCUT2D eigenvalue weighted by atomic mass is 16.5. The Morgan fingerprint density at radius 2 is 2.12 bits per heavy atom. The average Bonchev–Trinajstić information content (AvgIpc) is 2.66. The number of amides is 1. The maximum atomic E-state index is 12.5. The van der Waals surface area contributed by atoms with E-state index in [0.29, 0.717) is 6.42 Å². The summed E-state index contributed by atoms with van der Waals surface area (Å²) >= 11 is 0. The van der Waals surface area contributed by atoms with Gasteiger partial charge in [-0.2, -0.15) is 0 Å². The van der Waals surface area contributed by atoms with Crippen LogP contribution in [0.3, 0.4) is 0 Å². The summed E-state index contributed by atoms with van der Waals surface area (Å²) < 4.78 is 6.00. The first kappa shape index (κ1) is 20.8. The third-order valence-corrected chi connectivity index (χ3v) is 5.63. The summed E-state index contributed by atoms with van der Waals surface area (Å²) in [4.78, 5) is 15.1. The normalized spacial score (nSPS) is 19.2. The molecule has 4 nitrogen and oxygen atoms in total. The van der Waals surface area contributed by atoms with E-state index in [9.17, 15) is 4.79 Å². The van der Waals surface area contributed by atoms with E-state index in [4.69, 9.17) is 4.74 Å². The molecule has 4 heteroatoms. The molecule has 1 fully saturated rings. The van der Waals surface area contributed by atoms with Crippen molar-refractivity contribution < 1.29 is 9.53 Å². The Bertz CT molecular complexity index is 573. The summed E-state index contributed by atoms with van der Waals surface area (Å²) in [7, 11) is 0. The Morgan fingerprint density at radius 1 is 1.31 bits per heavy atom. The van der Waals surface area contributed by atoms with Gasteiger partial charge >= 0.3 is 0 Å². The highest BCUT2D eigenvalue weighted by molar-refractivity contribution is 5.81. The molecule has 1 aliphatic rings. The average molecular weight is 361 g/mol.